The third kappa shape index (κ3) is 2.50. The summed E-state index contributed by atoms with van der Waals surface area (Å²) in [5.74, 6) is 1.15. The van der Waals surface area contributed by atoms with Gasteiger partial charge in [-0.2, -0.15) is 0 Å². The van der Waals surface area contributed by atoms with Crippen LogP contribution in [0, 0.1) is 0 Å². The molecule has 2 N–H and O–H groups in total. The third-order valence-corrected chi connectivity index (χ3v) is 2.62. The first-order chi connectivity index (χ1) is 9.35. The number of nitrogens with two attached hydrogens (primary N) is 1. The van der Waals surface area contributed by atoms with E-state index in [0.29, 0.717) is 23.8 Å². The number of hydrogen-bond donors (Lipinski definition) is 1. The minimum Gasteiger partial charge on any atom is -0.438 e. The van der Waals surface area contributed by atoms with Crippen molar-refractivity contribution in [3.05, 3.63) is 42.0 Å². The summed E-state index contributed by atoms with van der Waals surface area (Å²) in [4.78, 5) is 0. The average Bonchev–Trinajstić information content (AvgIpc) is 2.89. The molecule has 0 aliphatic rings. The van der Waals surface area contributed by atoms with E-state index in [4.69, 9.17) is 10.5 Å². The molecule has 96 valence electrons. The van der Waals surface area contributed by atoms with Crippen molar-refractivity contribution in [1.29, 1.82) is 0 Å². The molecule has 0 fully saturated rings. The smallest absolute Gasteiger partial charge is 0.239 e. The molecule has 2 aromatic heterocycles. The Morgan fingerprint density at radius 3 is 2.74 bits per heavy atom. The SMILES string of the molecule is NCCc1ccc(Oc2ccc3nnnn3n2)cc1. The van der Waals surface area contributed by atoms with E-state index in [2.05, 4.69) is 20.6 Å². The molecule has 0 aliphatic heterocycles. The van der Waals surface area contributed by atoms with Crippen LogP contribution in [-0.4, -0.2) is 31.8 Å². The number of rotatable bonds is 4. The maximum Gasteiger partial charge on any atom is 0.239 e. The van der Waals surface area contributed by atoms with E-state index < -0.39 is 0 Å². The summed E-state index contributed by atoms with van der Waals surface area (Å²) in [5.41, 5.74) is 7.26. The Morgan fingerprint density at radius 2 is 1.95 bits per heavy atom. The molecule has 3 rings (SSSR count). The van der Waals surface area contributed by atoms with Crippen molar-refractivity contribution in [2.45, 2.75) is 6.42 Å². The van der Waals surface area contributed by atoms with Crippen LogP contribution < -0.4 is 10.5 Å². The lowest BCUT2D eigenvalue weighted by Gasteiger charge is -2.05. The molecular formula is C12H12N6O. The molecule has 7 nitrogen and oxygen atoms in total. The Bertz CT molecular complexity index is 678. The fourth-order valence-electron chi connectivity index (χ4n) is 1.70. The van der Waals surface area contributed by atoms with Crippen LogP contribution in [0.2, 0.25) is 0 Å². The van der Waals surface area contributed by atoms with E-state index in [1.807, 2.05) is 24.3 Å². The van der Waals surface area contributed by atoms with Gasteiger partial charge in [-0.3, -0.25) is 0 Å². The van der Waals surface area contributed by atoms with Crippen LogP contribution in [0.15, 0.2) is 36.4 Å². The van der Waals surface area contributed by atoms with Gasteiger partial charge >= 0.3 is 0 Å². The number of ether oxygens (including phenoxy) is 1. The predicted octanol–water partition coefficient (Wildman–Crippen LogP) is 0.813. The molecule has 0 saturated heterocycles. The van der Waals surface area contributed by atoms with Gasteiger partial charge in [-0.25, -0.2) is 0 Å². The Hall–Kier alpha value is -2.54. The van der Waals surface area contributed by atoms with Gasteiger partial charge in [-0.1, -0.05) is 12.1 Å². The molecule has 0 amide bonds. The highest BCUT2D eigenvalue weighted by Gasteiger charge is 2.03. The maximum atomic E-state index is 5.63. The topological polar surface area (TPSA) is 91.2 Å². The second-order valence-corrected chi connectivity index (χ2v) is 3.98. The molecule has 0 unspecified atom stereocenters. The molecule has 7 heteroatoms. The summed E-state index contributed by atoms with van der Waals surface area (Å²) >= 11 is 0. The fourth-order valence-corrected chi connectivity index (χ4v) is 1.70. The molecule has 0 saturated carbocycles. The zero-order valence-electron chi connectivity index (χ0n) is 10.1. The van der Waals surface area contributed by atoms with Crippen molar-refractivity contribution in [2.24, 2.45) is 5.73 Å². The second kappa shape index (κ2) is 4.99. The molecule has 0 spiro atoms. The molecule has 0 bridgehead atoms. The molecule has 3 aromatic rings. The summed E-state index contributed by atoms with van der Waals surface area (Å²) in [5, 5.41) is 15.1. The highest BCUT2D eigenvalue weighted by atomic mass is 16.5. The molecular weight excluding hydrogens is 244 g/mol. The fraction of sp³-hybridized carbons (Fsp3) is 0.167. The number of tetrazole rings is 1. The number of aromatic nitrogens is 5. The van der Waals surface area contributed by atoms with Gasteiger partial charge in [-0.05, 0) is 47.2 Å². The molecule has 0 atom stereocenters. The van der Waals surface area contributed by atoms with E-state index >= 15 is 0 Å². The van der Waals surface area contributed by atoms with Crippen LogP contribution in [0.4, 0.5) is 0 Å². The summed E-state index contributed by atoms with van der Waals surface area (Å²) in [6.07, 6.45) is 0.856. The van der Waals surface area contributed by atoms with Crippen LogP contribution in [0.5, 0.6) is 11.6 Å². The van der Waals surface area contributed by atoms with Gasteiger partial charge in [0.25, 0.3) is 0 Å². The Morgan fingerprint density at radius 1 is 1.11 bits per heavy atom. The standard InChI is InChI=1S/C12H12N6O/c13-8-7-9-1-3-10(4-2-9)19-12-6-5-11-14-16-17-18(11)15-12/h1-6H,7-8,13H2. The molecule has 2 heterocycles. The van der Waals surface area contributed by atoms with Gasteiger partial charge in [-0.15, -0.1) is 14.8 Å². The maximum absolute atomic E-state index is 5.63. The first-order valence-electron chi connectivity index (χ1n) is 5.87. The molecule has 1 aromatic carbocycles. The van der Waals surface area contributed by atoms with Crippen molar-refractivity contribution in [2.75, 3.05) is 6.54 Å². The highest BCUT2D eigenvalue weighted by Crippen LogP contribution is 2.19. The minimum absolute atomic E-state index is 0.436. The zero-order chi connectivity index (χ0) is 13.1. The van der Waals surface area contributed by atoms with E-state index in [-0.39, 0.29) is 0 Å². The van der Waals surface area contributed by atoms with Crippen molar-refractivity contribution >= 4 is 5.65 Å². The monoisotopic (exact) mass is 256 g/mol. The Kier molecular flexibility index (Phi) is 3.03. The second-order valence-electron chi connectivity index (χ2n) is 3.98. The normalized spacial score (nSPS) is 10.8. The van der Waals surface area contributed by atoms with Gasteiger partial charge in [0, 0.05) is 6.07 Å². The van der Waals surface area contributed by atoms with Crippen molar-refractivity contribution in [1.82, 2.24) is 25.3 Å². The van der Waals surface area contributed by atoms with Crippen molar-refractivity contribution in [3.63, 3.8) is 0 Å². The predicted molar refractivity (Wildman–Crippen MR) is 67.9 cm³/mol. The molecule has 19 heavy (non-hydrogen) atoms. The van der Waals surface area contributed by atoms with E-state index in [0.717, 1.165) is 6.42 Å². The molecule has 0 aliphatic carbocycles. The average molecular weight is 256 g/mol. The van der Waals surface area contributed by atoms with Crippen LogP contribution >= 0.6 is 0 Å². The lowest BCUT2D eigenvalue weighted by molar-refractivity contribution is 0.447. The lowest BCUT2D eigenvalue weighted by Crippen LogP contribution is -2.02. The first kappa shape index (κ1) is 11.5. The third-order valence-electron chi connectivity index (χ3n) is 2.62. The van der Waals surface area contributed by atoms with Crippen LogP contribution in [0.1, 0.15) is 5.56 Å². The quantitative estimate of drug-likeness (QED) is 0.742. The lowest BCUT2D eigenvalue weighted by atomic mass is 10.1. The van der Waals surface area contributed by atoms with Crippen LogP contribution in [0.3, 0.4) is 0 Å². The van der Waals surface area contributed by atoms with E-state index in [1.54, 1.807) is 12.1 Å². The zero-order valence-corrected chi connectivity index (χ0v) is 10.1. The van der Waals surface area contributed by atoms with E-state index in [9.17, 15) is 0 Å². The number of benzene rings is 1. The van der Waals surface area contributed by atoms with Crippen LogP contribution in [-0.2, 0) is 6.42 Å². The molecule has 0 radical (unpaired) electrons. The van der Waals surface area contributed by atoms with Crippen LogP contribution in [0.25, 0.3) is 5.65 Å². The highest BCUT2D eigenvalue weighted by molar-refractivity contribution is 5.36. The first-order valence-corrected chi connectivity index (χ1v) is 5.87. The summed E-state index contributed by atoms with van der Waals surface area (Å²) in [6.45, 7) is 0.637. The van der Waals surface area contributed by atoms with Gasteiger partial charge in [0.15, 0.2) is 5.65 Å². The van der Waals surface area contributed by atoms with Gasteiger partial charge < -0.3 is 10.5 Å². The Labute approximate surface area is 109 Å². The largest absolute Gasteiger partial charge is 0.438 e. The van der Waals surface area contributed by atoms with E-state index in [1.165, 1.54) is 10.2 Å². The number of nitrogens with zero attached hydrogens (tertiary/aromatic N) is 5. The summed E-state index contributed by atoms with van der Waals surface area (Å²) in [6, 6.07) is 11.2. The number of hydrogen-bond acceptors (Lipinski definition) is 6. The van der Waals surface area contributed by atoms with Gasteiger partial charge in [0.2, 0.25) is 5.88 Å². The summed E-state index contributed by atoms with van der Waals surface area (Å²) in [7, 11) is 0. The van der Waals surface area contributed by atoms with Gasteiger partial charge in [0.05, 0.1) is 0 Å². The van der Waals surface area contributed by atoms with Crippen molar-refractivity contribution in [3.8, 4) is 11.6 Å². The van der Waals surface area contributed by atoms with Crippen molar-refractivity contribution < 1.29 is 4.74 Å². The Balaban J connectivity index is 1.79. The van der Waals surface area contributed by atoms with Gasteiger partial charge in [0.1, 0.15) is 5.75 Å². The number of fused-ring (bicyclic) bond motifs is 1. The minimum atomic E-state index is 0.436. The summed E-state index contributed by atoms with van der Waals surface area (Å²) < 4.78 is 6.95.